The molecule has 2 aliphatic rings. The summed E-state index contributed by atoms with van der Waals surface area (Å²) in [5.41, 5.74) is 2.13. The maximum absolute atomic E-state index is 12.6. The van der Waals surface area contributed by atoms with Crippen molar-refractivity contribution in [3.05, 3.63) is 17.5 Å². The van der Waals surface area contributed by atoms with Crippen LogP contribution in [0.1, 0.15) is 56.2 Å². The Morgan fingerprint density at radius 3 is 2.79 bits per heavy atom. The van der Waals surface area contributed by atoms with E-state index in [0.717, 1.165) is 25.1 Å². The molecule has 2 fully saturated rings. The van der Waals surface area contributed by atoms with E-state index in [1.807, 2.05) is 13.0 Å². The second kappa shape index (κ2) is 3.84. The Morgan fingerprint density at radius 2 is 2.16 bits per heavy atom. The van der Waals surface area contributed by atoms with Gasteiger partial charge < -0.3 is 4.90 Å². The first-order valence-corrected chi connectivity index (χ1v) is 7.11. The van der Waals surface area contributed by atoms with E-state index in [9.17, 15) is 4.79 Å². The highest BCUT2D eigenvalue weighted by molar-refractivity contribution is 5.93. The molecule has 0 spiro atoms. The SMILES string of the molecule is Cc1cc(C(=O)N2CC3(C)CC2CC(C)(C)C3)n[nH]1. The monoisotopic (exact) mass is 261 g/mol. The van der Waals surface area contributed by atoms with Crippen LogP contribution in [0.5, 0.6) is 0 Å². The van der Waals surface area contributed by atoms with Gasteiger partial charge in [-0.2, -0.15) is 5.10 Å². The van der Waals surface area contributed by atoms with E-state index in [1.165, 1.54) is 6.42 Å². The largest absolute Gasteiger partial charge is 0.334 e. The summed E-state index contributed by atoms with van der Waals surface area (Å²) in [6.07, 6.45) is 3.46. The fourth-order valence-electron chi connectivity index (χ4n) is 4.37. The Hall–Kier alpha value is -1.32. The number of likely N-dealkylation sites (tertiary alicyclic amines) is 1. The van der Waals surface area contributed by atoms with Crippen molar-refractivity contribution < 1.29 is 4.79 Å². The van der Waals surface area contributed by atoms with Gasteiger partial charge in [0.1, 0.15) is 5.69 Å². The number of H-pyrrole nitrogens is 1. The molecule has 1 saturated heterocycles. The van der Waals surface area contributed by atoms with Gasteiger partial charge in [0.05, 0.1) is 0 Å². The lowest BCUT2D eigenvalue weighted by molar-refractivity contribution is 0.0702. The van der Waals surface area contributed by atoms with E-state index >= 15 is 0 Å². The second-order valence-electron chi connectivity index (χ2n) is 7.58. The zero-order valence-corrected chi connectivity index (χ0v) is 12.3. The summed E-state index contributed by atoms with van der Waals surface area (Å²) in [5, 5.41) is 6.98. The van der Waals surface area contributed by atoms with E-state index in [4.69, 9.17) is 0 Å². The van der Waals surface area contributed by atoms with Crippen LogP contribution in [0, 0.1) is 17.8 Å². The van der Waals surface area contributed by atoms with Crippen molar-refractivity contribution in [1.82, 2.24) is 15.1 Å². The normalized spacial score (nSPS) is 32.6. The molecule has 3 rings (SSSR count). The number of amides is 1. The zero-order valence-electron chi connectivity index (χ0n) is 12.3. The molecule has 1 amide bonds. The van der Waals surface area contributed by atoms with Crippen LogP contribution in [0.15, 0.2) is 6.07 Å². The molecule has 19 heavy (non-hydrogen) atoms. The summed E-state index contributed by atoms with van der Waals surface area (Å²) in [7, 11) is 0. The molecule has 2 heterocycles. The highest BCUT2D eigenvalue weighted by Crippen LogP contribution is 2.52. The molecule has 4 nitrogen and oxygen atoms in total. The lowest BCUT2D eigenvalue weighted by atomic mass is 9.65. The number of hydrogen-bond acceptors (Lipinski definition) is 2. The lowest BCUT2D eigenvalue weighted by Gasteiger charge is -2.39. The smallest absolute Gasteiger partial charge is 0.274 e. The summed E-state index contributed by atoms with van der Waals surface area (Å²) in [6.45, 7) is 9.78. The van der Waals surface area contributed by atoms with Crippen molar-refractivity contribution in [3.63, 3.8) is 0 Å². The van der Waals surface area contributed by atoms with Crippen molar-refractivity contribution in [3.8, 4) is 0 Å². The van der Waals surface area contributed by atoms with Gasteiger partial charge in [-0.3, -0.25) is 9.89 Å². The fraction of sp³-hybridized carbons (Fsp3) is 0.733. The minimum atomic E-state index is 0.0933. The highest BCUT2D eigenvalue weighted by atomic mass is 16.2. The average Bonchev–Trinajstić information content (AvgIpc) is 2.78. The highest BCUT2D eigenvalue weighted by Gasteiger charge is 2.51. The van der Waals surface area contributed by atoms with Crippen LogP contribution in [0.25, 0.3) is 0 Å². The first-order valence-electron chi connectivity index (χ1n) is 7.11. The fourth-order valence-corrected chi connectivity index (χ4v) is 4.37. The predicted octanol–water partition coefficient (Wildman–Crippen LogP) is 2.76. The molecule has 104 valence electrons. The minimum absolute atomic E-state index is 0.0933. The van der Waals surface area contributed by atoms with Gasteiger partial charge in [0.2, 0.25) is 0 Å². The van der Waals surface area contributed by atoms with Gasteiger partial charge in [-0.15, -0.1) is 0 Å². The second-order valence-corrected chi connectivity index (χ2v) is 7.58. The van der Waals surface area contributed by atoms with Crippen LogP contribution >= 0.6 is 0 Å². The average molecular weight is 261 g/mol. The number of aromatic nitrogens is 2. The molecule has 0 aromatic carbocycles. The standard InChI is InChI=1S/C15H23N3O/c1-10-5-12(17-16-10)13(19)18-9-15(4)7-11(18)6-14(2,3)8-15/h5,11H,6-9H2,1-4H3,(H,16,17). The Labute approximate surface area is 114 Å². The summed E-state index contributed by atoms with van der Waals surface area (Å²) < 4.78 is 0. The topological polar surface area (TPSA) is 49.0 Å². The number of hydrogen-bond donors (Lipinski definition) is 1. The molecule has 0 radical (unpaired) electrons. The van der Waals surface area contributed by atoms with E-state index in [0.29, 0.717) is 17.2 Å². The summed E-state index contributed by atoms with van der Waals surface area (Å²) in [5.74, 6) is 0.0933. The third kappa shape index (κ3) is 2.17. The van der Waals surface area contributed by atoms with E-state index in [1.54, 1.807) is 0 Å². The summed E-state index contributed by atoms with van der Waals surface area (Å²) in [6, 6.07) is 2.23. The van der Waals surface area contributed by atoms with Crippen LogP contribution in [0.3, 0.4) is 0 Å². The molecular weight excluding hydrogens is 238 g/mol. The van der Waals surface area contributed by atoms with E-state index in [2.05, 4.69) is 35.9 Å². The number of nitrogens with zero attached hydrogens (tertiary/aromatic N) is 2. The predicted molar refractivity (Wildman–Crippen MR) is 73.9 cm³/mol. The van der Waals surface area contributed by atoms with Crippen LogP contribution in [0.2, 0.25) is 0 Å². The number of fused-ring (bicyclic) bond motifs is 2. The van der Waals surface area contributed by atoms with E-state index in [-0.39, 0.29) is 11.3 Å². The number of rotatable bonds is 1. The molecule has 4 heteroatoms. The Bertz CT molecular complexity index is 519. The molecule has 1 aliphatic carbocycles. The van der Waals surface area contributed by atoms with Crippen molar-refractivity contribution in [1.29, 1.82) is 0 Å². The van der Waals surface area contributed by atoms with Crippen molar-refractivity contribution in [2.24, 2.45) is 10.8 Å². The Kier molecular flexibility index (Phi) is 2.57. The number of nitrogens with one attached hydrogen (secondary N) is 1. The van der Waals surface area contributed by atoms with Crippen molar-refractivity contribution in [2.75, 3.05) is 6.54 Å². The lowest BCUT2D eigenvalue weighted by Crippen LogP contribution is -2.37. The maximum Gasteiger partial charge on any atom is 0.274 e. The van der Waals surface area contributed by atoms with Gasteiger partial charge in [-0.25, -0.2) is 0 Å². The molecule has 2 unspecified atom stereocenters. The number of carbonyl (C=O) groups excluding carboxylic acids is 1. The van der Waals surface area contributed by atoms with Gasteiger partial charge >= 0.3 is 0 Å². The first kappa shape index (κ1) is 12.7. The van der Waals surface area contributed by atoms with Gasteiger partial charge in [-0.05, 0) is 43.1 Å². The minimum Gasteiger partial charge on any atom is -0.334 e. The van der Waals surface area contributed by atoms with Crippen LogP contribution in [-0.4, -0.2) is 33.6 Å². The maximum atomic E-state index is 12.6. The zero-order chi connectivity index (χ0) is 13.8. The molecule has 1 saturated carbocycles. The molecule has 1 aliphatic heterocycles. The number of aromatic amines is 1. The molecule has 2 bridgehead atoms. The Morgan fingerprint density at radius 1 is 1.42 bits per heavy atom. The number of aryl methyl sites for hydroxylation is 1. The molecule has 2 atom stereocenters. The summed E-state index contributed by atoms with van der Waals surface area (Å²) in [4.78, 5) is 14.7. The molecule has 1 aromatic rings. The first-order chi connectivity index (χ1) is 8.78. The van der Waals surface area contributed by atoms with Gasteiger partial charge in [-0.1, -0.05) is 20.8 Å². The molecular formula is C15H23N3O. The van der Waals surface area contributed by atoms with Crippen LogP contribution in [0.4, 0.5) is 0 Å². The van der Waals surface area contributed by atoms with Gasteiger partial charge in [0, 0.05) is 18.3 Å². The van der Waals surface area contributed by atoms with E-state index < -0.39 is 0 Å². The van der Waals surface area contributed by atoms with Crippen molar-refractivity contribution >= 4 is 5.91 Å². The Balaban J connectivity index is 1.86. The molecule has 1 aromatic heterocycles. The third-order valence-corrected chi connectivity index (χ3v) is 4.60. The van der Waals surface area contributed by atoms with Crippen molar-refractivity contribution in [2.45, 2.75) is 53.0 Å². The van der Waals surface area contributed by atoms with Crippen LogP contribution < -0.4 is 0 Å². The summed E-state index contributed by atoms with van der Waals surface area (Å²) >= 11 is 0. The van der Waals surface area contributed by atoms with Gasteiger partial charge in [0.25, 0.3) is 5.91 Å². The third-order valence-electron chi connectivity index (χ3n) is 4.60. The quantitative estimate of drug-likeness (QED) is 0.845. The van der Waals surface area contributed by atoms with Crippen LogP contribution in [-0.2, 0) is 0 Å². The molecule has 1 N–H and O–H groups in total. The number of carbonyl (C=O) groups is 1. The van der Waals surface area contributed by atoms with Gasteiger partial charge in [0.15, 0.2) is 0 Å².